The molecule has 0 heterocycles. The van der Waals surface area contributed by atoms with Gasteiger partial charge < -0.3 is 14.4 Å². The van der Waals surface area contributed by atoms with Gasteiger partial charge in [-0.25, -0.2) is 4.79 Å². The Hall–Kier alpha value is -3.41. The normalized spacial score (nSPS) is 11.1. The molecule has 0 fully saturated rings. The molecule has 1 amide bonds. The van der Waals surface area contributed by atoms with Crippen LogP contribution in [-0.4, -0.2) is 43.0 Å². The molecule has 6 heteroatoms. The van der Waals surface area contributed by atoms with Gasteiger partial charge in [0.2, 0.25) is 5.91 Å². The molecule has 0 aliphatic rings. The third kappa shape index (κ3) is 5.30. The third-order valence-corrected chi connectivity index (χ3v) is 4.21. The van der Waals surface area contributed by atoms with Gasteiger partial charge in [0.05, 0.1) is 14.2 Å². The number of esters is 2. The number of amides is 1. The highest BCUT2D eigenvalue weighted by Gasteiger charge is 2.27. The van der Waals surface area contributed by atoms with Crippen molar-refractivity contribution in [2.24, 2.45) is 0 Å². The van der Waals surface area contributed by atoms with Gasteiger partial charge in [0.15, 0.2) is 0 Å². The van der Waals surface area contributed by atoms with Crippen LogP contribution in [0.5, 0.6) is 0 Å². The standard InChI is InChI=1S/C22H23NO5/c1-16(22(26)28-3)23(20(24)14-21(25)27-2)15-19(17-10-6-4-7-11-17)18-12-8-5-9-13-18/h4-13,15-16H,14H2,1-3H3. The lowest BCUT2D eigenvalue weighted by Gasteiger charge is -2.25. The average Bonchev–Trinajstić information content (AvgIpc) is 2.74. The maximum Gasteiger partial charge on any atom is 0.328 e. The summed E-state index contributed by atoms with van der Waals surface area (Å²) in [5.74, 6) is -1.83. The van der Waals surface area contributed by atoms with Crippen LogP contribution >= 0.6 is 0 Å². The highest BCUT2D eigenvalue weighted by Crippen LogP contribution is 2.25. The Kier molecular flexibility index (Phi) is 7.51. The van der Waals surface area contributed by atoms with Crippen LogP contribution in [0.25, 0.3) is 5.57 Å². The van der Waals surface area contributed by atoms with Gasteiger partial charge in [-0.2, -0.15) is 0 Å². The Bertz CT molecular complexity index is 804. The van der Waals surface area contributed by atoms with Crippen molar-refractivity contribution in [3.63, 3.8) is 0 Å². The molecule has 0 aromatic heterocycles. The Labute approximate surface area is 164 Å². The van der Waals surface area contributed by atoms with Crippen LogP contribution in [0.15, 0.2) is 66.9 Å². The van der Waals surface area contributed by atoms with E-state index in [4.69, 9.17) is 4.74 Å². The first kappa shape index (κ1) is 20.9. The molecule has 2 rings (SSSR count). The first-order chi connectivity index (χ1) is 13.5. The zero-order valence-electron chi connectivity index (χ0n) is 16.1. The van der Waals surface area contributed by atoms with Crippen LogP contribution in [0.1, 0.15) is 24.5 Å². The number of hydrogen-bond acceptors (Lipinski definition) is 5. The summed E-state index contributed by atoms with van der Waals surface area (Å²) in [6.07, 6.45) is 1.10. The minimum atomic E-state index is -0.912. The summed E-state index contributed by atoms with van der Waals surface area (Å²) in [4.78, 5) is 37.7. The van der Waals surface area contributed by atoms with E-state index in [-0.39, 0.29) is 0 Å². The molecular formula is C22H23NO5. The largest absolute Gasteiger partial charge is 0.469 e. The molecule has 0 aliphatic carbocycles. The Morgan fingerprint density at radius 1 is 0.893 bits per heavy atom. The van der Waals surface area contributed by atoms with Gasteiger partial charge in [-0.15, -0.1) is 0 Å². The molecule has 0 radical (unpaired) electrons. The van der Waals surface area contributed by atoms with Gasteiger partial charge in [-0.3, -0.25) is 9.59 Å². The summed E-state index contributed by atoms with van der Waals surface area (Å²) in [6, 6.07) is 18.0. The molecular weight excluding hydrogens is 358 g/mol. The Morgan fingerprint density at radius 3 is 1.82 bits per heavy atom. The minimum absolute atomic E-state index is 0.481. The second-order valence-electron chi connectivity index (χ2n) is 6.03. The van der Waals surface area contributed by atoms with E-state index in [2.05, 4.69) is 4.74 Å². The number of nitrogens with zero attached hydrogens (tertiary/aromatic N) is 1. The van der Waals surface area contributed by atoms with Crippen LogP contribution in [-0.2, 0) is 23.9 Å². The second-order valence-corrected chi connectivity index (χ2v) is 6.03. The quantitative estimate of drug-likeness (QED) is 0.544. The van der Waals surface area contributed by atoms with Crippen molar-refractivity contribution in [2.75, 3.05) is 14.2 Å². The number of hydrogen-bond donors (Lipinski definition) is 0. The number of ether oxygens (including phenoxy) is 2. The van der Waals surface area contributed by atoms with Crippen molar-refractivity contribution in [1.29, 1.82) is 0 Å². The van der Waals surface area contributed by atoms with Crippen LogP contribution < -0.4 is 0 Å². The molecule has 1 atom stereocenters. The monoisotopic (exact) mass is 381 g/mol. The number of carbonyl (C=O) groups excluding carboxylic acids is 3. The average molecular weight is 381 g/mol. The van der Waals surface area contributed by atoms with E-state index in [1.54, 1.807) is 13.1 Å². The summed E-state index contributed by atoms with van der Waals surface area (Å²) in [5, 5.41) is 0. The molecule has 6 nitrogen and oxygen atoms in total. The smallest absolute Gasteiger partial charge is 0.328 e. The second kappa shape index (κ2) is 10.1. The fourth-order valence-corrected chi connectivity index (χ4v) is 2.66. The summed E-state index contributed by atoms with van der Waals surface area (Å²) >= 11 is 0. The first-order valence-corrected chi connectivity index (χ1v) is 8.76. The summed E-state index contributed by atoms with van der Waals surface area (Å²) < 4.78 is 9.38. The Balaban J connectivity index is 2.56. The Morgan fingerprint density at radius 2 is 1.39 bits per heavy atom. The maximum atomic E-state index is 12.7. The van der Waals surface area contributed by atoms with Crippen LogP contribution in [0.3, 0.4) is 0 Å². The van der Waals surface area contributed by atoms with Crippen molar-refractivity contribution < 1.29 is 23.9 Å². The topological polar surface area (TPSA) is 72.9 Å². The predicted molar refractivity (Wildman–Crippen MR) is 105 cm³/mol. The van der Waals surface area contributed by atoms with Crippen molar-refractivity contribution in [1.82, 2.24) is 4.90 Å². The number of benzene rings is 2. The molecule has 0 bridgehead atoms. The van der Waals surface area contributed by atoms with Crippen molar-refractivity contribution in [3.05, 3.63) is 78.0 Å². The van der Waals surface area contributed by atoms with Gasteiger partial charge in [-0.1, -0.05) is 60.7 Å². The lowest BCUT2D eigenvalue weighted by Crippen LogP contribution is -2.41. The molecule has 2 aromatic carbocycles. The van der Waals surface area contributed by atoms with E-state index < -0.39 is 30.3 Å². The maximum absolute atomic E-state index is 12.7. The molecule has 0 saturated carbocycles. The molecule has 0 saturated heterocycles. The van der Waals surface area contributed by atoms with E-state index in [1.807, 2.05) is 60.7 Å². The number of methoxy groups -OCH3 is 2. The first-order valence-electron chi connectivity index (χ1n) is 8.76. The van der Waals surface area contributed by atoms with Gasteiger partial charge in [-0.05, 0) is 18.1 Å². The molecule has 2 aromatic rings. The number of rotatable bonds is 7. The van der Waals surface area contributed by atoms with Crippen molar-refractivity contribution >= 4 is 23.4 Å². The SMILES string of the molecule is COC(=O)CC(=O)N(C=C(c1ccccc1)c1ccccc1)C(C)C(=O)OC. The van der Waals surface area contributed by atoms with Gasteiger partial charge >= 0.3 is 11.9 Å². The van der Waals surface area contributed by atoms with Crippen molar-refractivity contribution in [2.45, 2.75) is 19.4 Å². The zero-order valence-corrected chi connectivity index (χ0v) is 16.1. The fraction of sp³-hybridized carbons (Fsp3) is 0.227. The lowest BCUT2D eigenvalue weighted by molar-refractivity contribution is -0.153. The summed E-state index contributed by atoms with van der Waals surface area (Å²) in [6.45, 7) is 1.55. The van der Waals surface area contributed by atoms with E-state index in [0.29, 0.717) is 0 Å². The molecule has 28 heavy (non-hydrogen) atoms. The van der Waals surface area contributed by atoms with E-state index in [1.165, 1.54) is 19.1 Å². The van der Waals surface area contributed by atoms with E-state index >= 15 is 0 Å². The fourth-order valence-electron chi connectivity index (χ4n) is 2.66. The number of carbonyl (C=O) groups is 3. The van der Waals surface area contributed by atoms with Crippen molar-refractivity contribution in [3.8, 4) is 0 Å². The molecule has 1 unspecified atom stereocenters. The molecule has 0 N–H and O–H groups in total. The summed E-state index contributed by atoms with van der Waals surface area (Å²) in [7, 11) is 2.46. The van der Waals surface area contributed by atoms with Crippen LogP contribution in [0.4, 0.5) is 0 Å². The van der Waals surface area contributed by atoms with Gasteiger partial charge in [0.1, 0.15) is 12.5 Å². The molecule has 0 aliphatic heterocycles. The third-order valence-electron chi connectivity index (χ3n) is 4.21. The van der Waals surface area contributed by atoms with Crippen LogP contribution in [0.2, 0.25) is 0 Å². The van der Waals surface area contributed by atoms with Gasteiger partial charge in [0, 0.05) is 11.8 Å². The van der Waals surface area contributed by atoms with Gasteiger partial charge in [0.25, 0.3) is 0 Å². The van der Waals surface area contributed by atoms with Crippen LogP contribution in [0, 0.1) is 0 Å². The van der Waals surface area contributed by atoms with E-state index in [0.717, 1.165) is 16.7 Å². The summed E-state index contributed by atoms with van der Waals surface area (Å²) in [5.41, 5.74) is 2.46. The van der Waals surface area contributed by atoms with E-state index in [9.17, 15) is 14.4 Å². The predicted octanol–water partition coefficient (Wildman–Crippen LogP) is 3.03. The highest BCUT2D eigenvalue weighted by molar-refractivity contribution is 5.97. The highest BCUT2D eigenvalue weighted by atomic mass is 16.5. The lowest BCUT2D eigenvalue weighted by atomic mass is 9.98. The molecule has 146 valence electrons. The minimum Gasteiger partial charge on any atom is -0.469 e. The molecule has 0 spiro atoms. The zero-order chi connectivity index (χ0) is 20.5.